The standard InChI is InChI=1S/C7H15NO2/c1-6(2)4-7(5-9)8-10-3/h7-9H,1,4-5H2,2-3H3/t7-/m0/s1. The Morgan fingerprint density at radius 2 is 2.40 bits per heavy atom. The average Bonchev–Trinajstić information content (AvgIpc) is 1.86. The third-order valence-electron chi connectivity index (χ3n) is 1.10. The van der Waals surface area contributed by atoms with Gasteiger partial charge in [0.25, 0.3) is 0 Å². The highest BCUT2D eigenvalue weighted by molar-refractivity contribution is 4.91. The Bertz CT molecular complexity index is 104. The molecule has 0 amide bonds. The minimum Gasteiger partial charge on any atom is -0.395 e. The van der Waals surface area contributed by atoms with Gasteiger partial charge in [0.05, 0.1) is 19.8 Å². The van der Waals surface area contributed by atoms with E-state index in [1.807, 2.05) is 6.92 Å². The fourth-order valence-electron chi connectivity index (χ4n) is 0.731. The van der Waals surface area contributed by atoms with Crippen molar-refractivity contribution < 1.29 is 9.94 Å². The first-order chi connectivity index (χ1) is 4.70. The Balaban J connectivity index is 3.49. The molecule has 0 aliphatic rings. The Labute approximate surface area is 61.7 Å². The van der Waals surface area contributed by atoms with Gasteiger partial charge >= 0.3 is 0 Å². The lowest BCUT2D eigenvalue weighted by molar-refractivity contribution is 0.0403. The van der Waals surface area contributed by atoms with Gasteiger partial charge in [-0.2, -0.15) is 5.48 Å². The molecule has 0 saturated heterocycles. The van der Waals surface area contributed by atoms with Crippen LogP contribution in [0.15, 0.2) is 12.2 Å². The summed E-state index contributed by atoms with van der Waals surface area (Å²) in [5.41, 5.74) is 3.68. The maximum absolute atomic E-state index is 8.72. The molecule has 60 valence electrons. The summed E-state index contributed by atoms with van der Waals surface area (Å²) in [5.74, 6) is 0. The van der Waals surface area contributed by atoms with Crippen LogP contribution >= 0.6 is 0 Å². The highest BCUT2D eigenvalue weighted by Gasteiger charge is 2.04. The van der Waals surface area contributed by atoms with Crippen molar-refractivity contribution in [3.05, 3.63) is 12.2 Å². The van der Waals surface area contributed by atoms with E-state index in [1.54, 1.807) is 0 Å². The van der Waals surface area contributed by atoms with Gasteiger partial charge in [0, 0.05) is 0 Å². The SMILES string of the molecule is C=C(C)C[C@@H](CO)NOC. The van der Waals surface area contributed by atoms with Gasteiger partial charge in [-0.05, 0) is 13.3 Å². The first-order valence-corrected chi connectivity index (χ1v) is 3.24. The summed E-state index contributed by atoms with van der Waals surface area (Å²) in [7, 11) is 1.53. The second kappa shape index (κ2) is 5.41. The Morgan fingerprint density at radius 1 is 1.80 bits per heavy atom. The van der Waals surface area contributed by atoms with Crippen molar-refractivity contribution in [1.82, 2.24) is 5.48 Å². The molecule has 0 aromatic carbocycles. The lowest BCUT2D eigenvalue weighted by Gasteiger charge is -2.13. The monoisotopic (exact) mass is 145 g/mol. The maximum Gasteiger partial charge on any atom is 0.0610 e. The first-order valence-electron chi connectivity index (χ1n) is 3.24. The molecular weight excluding hydrogens is 130 g/mol. The molecule has 3 nitrogen and oxygen atoms in total. The van der Waals surface area contributed by atoms with E-state index in [4.69, 9.17) is 5.11 Å². The van der Waals surface area contributed by atoms with Gasteiger partial charge in [0.15, 0.2) is 0 Å². The Hall–Kier alpha value is -0.380. The number of hydrogen-bond acceptors (Lipinski definition) is 3. The van der Waals surface area contributed by atoms with E-state index >= 15 is 0 Å². The number of aliphatic hydroxyl groups is 1. The summed E-state index contributed by atoms with van der Waals surface area (Å²) in [6.45, 7) is 5.71. The van der Waals surface area contributed by atoms with E-state index in [0.717, 1.165) is 12.0 Å². The van der Waals surface area contributed by atoms with Gasteiger partial charge < -0.3 is 9.94 Å². The van der Waals surface area contributed by atoms with Crippen LogP contribution in [0.5, 0.6) is 0 Å². The number of rotatable bonds is 5. The molecule has 0 saturated carbocycles. The molecule has 2 N–H and O–H groups in total. The molecule has 0 aromatic heterocycles. The van der Waals surface area contributed by atoms with Crippen LogP contribution in [0.25, 0.3) is 0 Å². The largest absolute Gasteiger partial charge is 0.395 e. The fourth-order valence-corrected chi connectivity index (χ4v) is 0.731. The van der Waals surface area contributed by atoms with Gasteiger partial charge in [0.1, 0.15) is 0 Å². The lowest BCUT2D eigenvalue weighted by atomic mass is 10.1. The summed E-state index contributed by atoms with van der Waals surface area (Å²) in [6.07, 6.45) is 0.740. The third kappa shape index (κ3) is 4.49. The Morgan fingerprint density at radius 3 is 2.70 bits per heavy atom. The molecule has 3 heteroatoms. The molecular formula is C7H15NO2. The van der Waals surface area contributed by atoms with Crippen molar-refractivity contribution in [3.8, 4) is 0 Å². The highest BCUT2D eigenvalue weighted by Crippen LogP contribution is 2.00. The molecule has 1 atom stereocenters. The average molecular weight is 145 g/mol. The molecule has 0 bridgehead atoms. The van der Waals surface area contributed by atoms with Gasteiger partial charge in [0.2, 0.25) is 0 Å². The van der Waals surface area contributed by atoms with E-state index < -0.39 is 0 Å². The van der Waals surface area contributed by atoms with E-state index in [1.165, 1.54) is 7.11 Å². The van der Waals surface area contributed by atoms with Crippen molar-refractivity contribution in [1.29, 1.82) is 0 Å². The van der Waals surface area contributed by atoms with E-state index in [-0.39, 0.29) is 12.6 Å². The molecule has 0 radical (unpaired) electrons. The van der Waals surface area contributed by atoms with Crippen molar-refractivity contribution in [3.63, 3.8) is 0 Å². The summed E-state index contributed by atoms with van der Waals surface area (Å²) < 4.78 is 0. The zero-order chi connectivity index (χ0) is 7.98. The zero-order valence-electron chi connectivity index (χ0n) is 6.55. The van der Waals surface area contributed by atoms with E-state index in [9.17, 15) is 0 Å². The molecule has 0 spiro atoms. The van der Waals surface area contributed by atoms with Gasteiger partial charge in [-0.15, -0.1) is 6.58 Å². The second-order valence-corrected chi connectivity index (χ2v) is 2.36. The summed E-state index contributed by atoms with van der Waals surface area (Å²) in [5, 5.41) is 8.72. The molecule has 0 aromatic rings. The summed E-state index contributed by atoms with van der Waals surface area (Å²) in [4.78, 5) is 4.64. The quantitative estimate of drug-likeness (QED) is 0.436. The minimum atomic E-state index is -0.0255. The van der Waals surface area contributed by atoms with Gasteiger partial charge in [-0.1, -0.05) is 5.57 Å². The van der Waals surface area contributed by atoms with Crippen LogP contribution in [0, 0.1) is 0 Å². The maximum atomic E-state index is 8.72. The van der Waals surface area contributed by atoms with Crippen molar-refractivity contribution >= 4 is 0 Å². The normalized spacial score (nSPS) is 13.1. The zero-order valence-corrected chi connectivity index (χ0v) is 6.55. The summed E-state index contributed by atoms with van der Waals surface area (Å²) in [6, 6.07) is -0.0255. The number of aliphatic hydroxyl groups excluding tert-OH is 1. The minimum absolute atomic E-state index is 0.0255. The van der Waals surface area contributed by atoms with Crippen LogP contribution in [0.3, 0.4) is 0 Å². The van der Waals surface area contributed by atoms with E-state index in [2.05, 4.69) is 16.9 Å². The van der Waals surface area contributed by atoms with Crippen molar-refractivity contribution in [2.75, 3.05) is 13.7 Å². The highest BCUT2D eigenvalue weighted by atomic mass is 16.6. The molecule has 0 rings (SSSR count). The number of hydrogen-bond donors (Lipinski definition) is 2. The van der Waals surface area contributed by atoms with Crippen LogP contribution in [0.4, 0.5) is 0 Å². The first kappa shape index (κ1) is 9.62. The summed E-state index contributed by atoms with van der Waals surface area (Å²) >= 11 is 0. The van der Waals surface area contributed by atoms with Crippen LogP contribution in [0.1, 0.15) is 13.3 Å². The molecule has 0 aliphatic carbocycles. The van der Waals surface area contributed by atoms with Crippen LogP contribution < -0.4 is 5.48 Å². The number of nitrogens with one attached hydrogen (secondary N) is 1. The Kier molecular flexibility index (Phi) is 5.20. The van der Waals surface area contributed by atoms with Gasteiger partial charge in [-0.3, -0.25) is 0 Å². The van der Waals surface area contributed by atoms with E-state index in [0.29, 0.717) is 0 Å². The van der Waals surface area contributed by atoms with Crippen LogP contribution in [0.2, 0.25) is 0 Å². The molecule has 0 aliphatic heterocycles. The molecule has 0 unspecified atom stereocenters. The topological polar surface area (TPSA) is 41.5 Å². The smallest absolute Gasteiger partial charge is 0.0610 e. The van der Waals surface area contributed by atoms with Gasteiger partial charge in [-0.25, -0.2) is 0 Å². The van der Waals surface area contributed by atoms with Crippen molar-refractivity contribution in [2.45, 2.75) is 19.4 Å². The predicted molar refractivity (Wildman–Crippen MR) is 40.4 cm³/mol. The molecule has 0 fully saturated rings. The number of hydroxylamine groups is 1. The molecule has 0 heterocycles. The van der Waals surface area contributed by atoms with Crippen LogP contribution in [-0.2, 0) is 4.84 Å². The lowest BCUT2D eigenvalue weighted by Crippen LogP contribution is -2.31. The fraction of sp³-hybridized carbons (Fsp3) is 0.714. The predicted octanol–water partition coefficient (Wildman–Crippen LogP) is 0.465. The third-order valence-corrected chi connectivity index (χ3v) is 1.10. The molecule has 10 heavy (non-hydrogen) atoms. The second-order valence-electron chi connectivity index (χ2n) is 2.36. The van der Waals surface area contributed by atoms with Crippen LogP contribution in [-0.4, -0.2) is 24.9 Å². The van der Waals surface area contributed by atoms with Crippen molar-refractivity contribution in [2.24, 2.45) is 0 Å².